The van der Waals surface area contributed by atoms with Gasteiger partial charge >= 0.3 is 0 Å². The number of alkyl halides is 2. The molecular formula is C11H10F3N3O3. The molecule has 20 heavy (non-hydrogen) atoms. The summed E-state index contributed by atoms with van der Waals surface area (Å²) in [6.07, 6.45) is -2.02. The monoisotopic (exact) mass is 289 g/mol. The van der Waals surface area contributed by atoms with Crippen LogP contribution in [0.4, 0.5) is 18.9 Å². The van der Waals surface area contributed by atoms with Gasteiger partial charge in [0, 0.05) is 17.7 Å². The number of aliphatic imine (C=N–C) groups is 1. The van der Waals surface area contributed by atoms with Crippen LogP contribution >= 0.6 is 0 Å². The lowest BCUT2D eigenvalue weighted by molar-refractivity contribution is -0.385. The first-order valence-electron chi connectivity index (χ1n) is 5.53. The number of rotatable bonds is 3. The van der Waals surface area contributed by atoms with Crippen LogP contribution in [0.1, 0.15) is 5.56 Å². The number of nitro groups is 1. The van der Waals surface area contributed by atoms with Gasteiger partial charge in [0.25, 0.3) is 11.7 Å². The number of hydrogen-bond acceptors (Lipinski definition) is 5. The van der Waals surface area contributed by atoms with E-state index in [2.05, 4.69) is 9.73 Å². The van der Waals surface area contributed by atoms with Gasteiger partial charge in [-0.25, -0.2) is 18.2 Å². The number of amidine groups is 1. The normalized spacial score (nSPS) is 25.8. The minimum absolute atomic E-state index is 0.498. The van der Waals surface area contributed by atoms with E-state index in [-0.39, 0.29) is 0 Å². The molecule has 1 aromatic carbocycles. The maximum Gasteiger partial charge on any atom is 0.283 e. The van der Waals surface area contributed by atoms with E-state index < -0.39 is 53.0 Å². The zero-order chi connectivity index (χ0) is 14.9. The van der Waals surface area contributed by atoms with Crippen molar-refractivity contribution in [3.8, 4) is 0 Å². The molecule has 2 N–H and O–H groups in total. The van der Waals surface area contributed by atoms with Crippen LogP contribution in [0.3, 0.4) is 0 Å². The van der Waals surface area contributed by atoms with Gasteiger partial charge in [-0.1, -0.05) is 0 Å². The molecule has 0 aliphatic carbocycles. The number of non-ortho nitro benzene ring substituents is 1. The van der Waals surface area contributed by atoms with E-state index >= 15 is 0 Å². The van der Waals surface area contributed by atoms with Crippen LogP contribution in [0.25, 0.3) is 0 Å². The topological polar surface area (TPSA) is 90.8 Å². The van der Waals surface area contributed by atoms with Crippen LogP contribution in [0.15, 0.2) is 23.2 Å². The zero-order valence-corrected chi connectivity index (χ0v) is 10.1. The Hall–Kier alpha value is -2.32. The molecule has 2 rings (SSSR count). The van der Waals surface area contributed by atoms with Crippen molar-refractivity contribution in [1.29, 1.82) is 0 Å². The Bertz CT molecular complexity index is 581. The smallest absolute Gasteiger partial charge is 0.283 e. The van der Waals surface area contributed by atoms with Crippen molar-refractivity contribution in [3.63, 3.8) is 0 Å². The molecule has 1 heterocycles. The van der Waals surface area contributed by atoms with Gasteiger partial charge < -0.3 is 10.5 Å². The van der Waals surface area contributed by atoms with Crippen LogP contribution in [0.5, 0.6) is 0 Å². The molecule has 0 aromatic heterocycles. The predicted molar refractivity (Wildman–Crippen MR) is 63.2 cm³/mol. The SMILES string of the molecule is NC1=N[C@](CF)(c2cc([N+](=O)[O-])ccc2F)[C@H](F)CO1. The third-order valence-corrected chi connectivity index (χ3v) is 3.04. The molecule has 0 saturated heterocycles. The van der Waals surface area contributed by atoms with Crippen LogP contribution < -0.4 is 5.73 Å². The molecule has 0 spiro atoms. The van der Waals surface area contributed by atoms with E-state index in [1.807, 2.05) is 0 Å². The fourth-order valence-corrected chi connectivity index (χ4v) is 1.97. The van der Waals surface area contributed by atoms with Crippen LogP contribution in [-0.2, 0) is 10.3 Å². The first-order valence-corrected chi connectivity index (χ1v) is 5.53. The van der Waals surface area contributed by atoms with Gasteiger partial charge in [-0.05, 0) is 6.07 Å². The quantitative estimate of drug-likeness (QED) is 0.675. The van der Waals surface area contributed by atoms with E-state index in [1.165, 1.54) is 0 Å². The highest BCUT2D eigenvalue weighted by atomic mass is 19.1. The van der Waals surface area contributed by atoms with Crippen molar-refractivity contribution in [2.24, 2.45) is 10.7 Å². The minimum atomic E-state index is -2.27. The highest BCUT2D eigenvalue weighted by molar-refractivity contribution is 5.73. The molecule has 1 aliphatic rings. The lowest BCUT2D eigenvalue weighted by Crippen LogP contribution is -2.47. The van der Waals surface area contributed by atoms with E-state index in [0.717, 1.165) is 18.2 Å². The van der Waals surface area contributed by atoms with Crippen LogP contribution in [-0.4, -0.2) is 30.4 Å². The van der Waals surface area contributed by atoms with E-state index in [9.17, 15) is 23.3 Å². The largest absolute Gasteiger partial charge is 0.462 e. The van der Waals surface area contributed by atoms with Crippen molar-refractivity contribution in [2.75, 3.05) is 13.3 Å². The summed E-state index contributed by atoms with van der Waals surface area (Å²) in [5.41, 5.74) is 1.95. The van der Waals surface area contributed by atoms with Gasteiger partial charge in [0.15, 0.2) is 11.7 Å². The van der Waals surface area contributed by atoms with Crippen molar-refractivity contribution in [1.82, 2.24) is 0 Å². The number of nitro benzene ring substituents is 1. The molecule has 1 aliphatic heterocycles. The third kappa shape index (κ3) is 2.15. The Kier molecular flexibility index (Phi) is 3.51. The Morgan fingerprint density at radius 3 is 2.90 bits per heavy atom. The molecular weight excluding hydrogens is 279 g/mol. The predicted octanol–water partition coefficient (Wildman–Crippen LogP) is 1.58. The number of hydrogen-bond donors (Lipinski definition) is 1. The lowest BCUT2D eigenvalue weighted by atomic mass is 9.86. The van der Waals surface area contributed by atoms with Gasteiger partial charge in [0.2, 0.25) is 0 Å². The molecule has 0 saturated carbocycles. The minimum Gasteiger partial charge on any atom is -0.462 e. The van der Waals surface area contributed by atoms with Crippen LogP contribution in [0, 0.1) is 15.9 Å². The number of nitrogens with two attached hydrogens (primary N) is 1. The summed E-state index contributed by atoms with van der Waals surface area (Å²) in [5, 5.41) is 10.7. The molecule has 108 valence electrons. The number of nitrogens with zero attached hydrogens (tertiary/aromatic N) is 2. The Labute approximate surface area is 111 Å². The standard InChI is InChI=1S/C11H10F3N3O3/c12-5-11(9(14)4-20-10(15)16-11)7-3-6(17(18)19)1-2-8(7)13/h1-3,9H,4-5H2,(H2,15,16)/t9-,11-/m1/s1. The van der Waals surface area contributed by atoms with Crippen molar-refractivity contribution < 1.29 is 22.8 Å². The van der Waals surface area contributed by atoms with Gasteiger partial charge in [0.1, 0.15) is 19.1 Å². The zero-order valence-electron chi connectivity index (χ0n) is 10.1. The second-order valence-electron chi connectivity index (χ2n) is 4.21. The molecule has 0 radical (unpaired) electrons. The summed E-state index contributed by atoms with van der Waals surface area (Å²) in [7, 11) is 0. The summed E-state index contributed by atoms with van der Waals surface area (Å²) >= 11 is 0. The molecule has 1 aromatic rings. The van der Waals surface area contributed by atoms with Gasteiger partial charge in [-0.15, -0.1) is 0 Å². The van der Waals surface area contributed by atoms with Gasteiger partial charge in [0.05, 0.1) is 4.92 Å². The number of halogens is 3. The maximum atomic E-state index is 14.0. The van der Waals surface area contributed by atoms with Crippen molar-refractivity contribution >= 4 is 11.7 Å². The highest BCUT2D eigenvalue weighted by Crippen LogP contribution is 2.38. The highest BCUT2D eigenvalue weighted by Gasteiger charge is 2.47. The summed E-state index contributed by atoms with van der Waals surface area (Å²) in [4.78, 5) is 13.4. The maximum absolute atomic E-state index is 14.0. The lowest BCUT2D eigenvalue weighted by Gasteiger charge is -2.34. The Morgan fingerprint density at radius 2 is 2.30 bits per heavy atom. The Balaban J connectivity index is 2.64. The molecule has 2 atom stereocenters. The van der Waals surface area contributed by atoms with Crippen molar-refractivity contribution in [3.05, 3.63) is 39.7 Å². The summed E-state index contributed by atoms with van der Waals surface area (Å²) in [6.45, 7) is -2.02. The summed E-state index contributed by atoms with van der Waals surface area (Å²) < 4.78 is 45.8. The first-order chi connectivity index (χ1) is 9.40. The summed E-state index contributed by atoms with van der Waals surface area (Å²) in [6, 6.07) is 1.91. The first kappa shape index (κ1) is 14.1. The molecule has 0 bridgehead atoms. The average molecular weight is 289 g/mol. The van der Waals surface area contributed by atoms with E-state index in [1.54, 1.807) is 0 Å². The van der Waals surface area contributed by atoms with Crippen molar-refractivity contribution in [2.45, 2.75) is 11.7 Å². The fourth-order valence-electron chi connectivity index (χ4n) is 1.97. The van der Waals surface area contributed by atoms with E-state index in [4.69, 9.17) is 5.73 Å². The average Bonchev–Trinajstić information content (AvgIpc) is 2.42. The number of ether oxygens (including phenoxy) is 1. The van der Waals surface area contributed by atoms with Gasteiger partial charge in [-0.3, -0.25) is 10.1 Å². The fraction of sp³-hybridized carbons (Fsp3) is 0.364. The molecule has 9 heteroatoms. The van der Waals surface area contributed by atoms with E-state index in [0.29, 0.717) is 0 Å². The molecule has 6 nitrogen and oxygen atoms in total. The second-order valence-corrected chi connectivity index (χ2v) is 4.21. The van der Waals surface area contributed by atoms with Gasteiger partial charge in [-0.2, -0.15) is 0 Å². The summed E-state index contributed by atoms with van der Waals surface area (Å²) in [5.74, 6) is -1.01. The molecule has 0 amide bonds. The second kappa shape index (κ2) is 4.99. The Morgan fingerprint density at radius 1 is 1.60 bits per heavy atom. The molecule has 0 unspecified atom stereocenters. The third-order valence-electron chi connectivity index (χ3n) is 3.04. The molecule has 0 fully saturated rings. The number of benzene rings is 1. The van der Waals surface area contributed by atoms with Crippen LogP contribution in [0.2, 0.25) is 0 Å².